The van der Waals surface area contributed by atoms with E-state index in [2.05, 4.69) is 233 Å². The maximum atomic E-state index is 2.70. The summed E-state index contributed by atoms with van der Waals surface area (Å²) >= 11 is 0. The fraction of sp³-hybridized carbons (Fsp3) is 0.212. The summed E-state index contributed by atoms with van der Waals surface area (Å²) in [5, 5.41) is 2.49. The maximum absolute atomic E-state index is 2.70. The van der Waals surface area contributed by atoms with Gasteiger partial charge in [0, 0.05) is 22.4 Å². The van der Waals surface area contributed by atoms with Crippen molar-refractivity contribution in [2.75, 3.05) is 4.90 Å². The lowest BCUT2D eigenvalue weighted by Gasteiger charge is -2.43. The first-order chi connectivity index (χ1) is 32.6. The van der Waals surface area contributed by atoms with E-state index in [9.17, 15) is 0 Å². The van der Waals surface area contributed by atoms with Crippen molar-refractivity contribution in [3.63, 3.8) is 0 Å². The number of para-hydroxylation sites is 1. The molecule has 0 amide bonds. The van der Waals surface area contributed by atoms with Gasteiger partial charge in [-0.05, 0) is 168 Å². The Morgan fingerprint density at radius 1 is 0.313 bits per heavy atom. The third kappa shape index (κ3) is 7.14. The molecule has 67 heavy (non-hydrogen) atoms. The second-order valence-electron chi connectivity index (χ2n) is 21.1. The van der Waals surface area contributed by atoms with Crippen molar-refractivity contribution >= 4 is 27.8 Å². The van der Waals surface area contributed by atoms with Gasteiger partial charge in [0.05, 0.1) is 5.69 Å². The van der Waals surface area contributed by atoms with Crippen LogP contribution < -0.4 is 4.90 Å². The van der Waals surface area contributed by atoms with E-state index in [1.807, 2.05) is 0 Å². The van der Waals surface area contributed by atoms with Crippen LogP contribution in [0.1, 0.15) is 94.9 Å². The van der Waals surface area contributed by atoms with Crippen molar-refractivity contribution < 1.29 is 0 Å². The van der Waals surface area contributed by atoms with E-state index in [0.717, 1.165) is 17.1 Å². The van der Waals surface area contributed by atoms with Gasteiger partial charge in [-0.25, -0.2) is 0 Å². The lowest BCUT2D eigenvalue weighted by atomic mass is 9.61. The molecule has 1 saturated carbocycles. The number of benzene rings is 9. The van der Waals surface area contributed by atoms with E-state index in [1.165, 1.54) is 111 Å². The molecule has 328 valence electrons. The van der Waals surface area contributed by atoms with E-state index in [-0.39, 0.29) is 16.2 Å². The monoisotopic (exact) mass is 865 g/mol. The number of fused-ring (bicyclic) bond motifs is 7. The van der Waals surface area contributed by atoms with Gasteiger partial charge >= 0.3 is 0 Å². The molecule has 0 N–H and O–H groups in total. The van der Waals surface area contributed by atoms with Crippen LogP contribution in [0.5, 0.6) is 0 Å². The second-order valence-corrected chi connectivity index (χ2v) is 21.1. The zero-order chi connectivity index (χ0) is 45.3. The Hall–Kier alpha value is -6.96. The fourth-order valence-corrected chi connectivity index (χ4v) is 12.2. The van der Waals surface area contributed by atoms with Crippen LogP contribution in [0, 0.1) is 0 Å². The molecule has 1 heteroatoms. The first kappa shape index (κ1) is 41.5. The fourth-order valence-electron chi connectivity index (χ4n) is 12.2. The van der Waals surface area contributed by atoms with E-state index in [4.69, 9.17) is 0 Å². The smallest absolute Gasteiger partial charge is 0.0540 e. The zero-order valence-corrected chi connectivity index (χ0v) is 39.4. The highest BCUT2D eigenvalue weighted by Gasteiger charge is 2.47. The van der Waals surface area contributed by atoms with Gasteiger partial charge in [-0.3, -0.25) is 0 Å². The van der Waals surface area contributed by atoms with E-state index < -0.39 is 0 Å². The minimum Gasteiger partial charge on any atom is -0.310 e. The molecule has 1 nitrogen and oxygen atoms in total. The van der Waals surface area contributed by atoms with Crippen molar-refractivity contribution in [1.82, 2.24) is 0 Å². The molecule has 3 aliphatic carbocycles. The summed E-state index contributed by atoms with van der Waals surface area (Å²) in [4.78, 5) is 2.41. The normalized spacial score (nSPS) is 16.3. The first-order valence-electron chi connectivity index (χ1n) is 24.7. The van der Waals surface area contributed by atoms with Gasteiger partial charge in [0.1, 0.15) is 0 Å². The van der Waals surface area contributed by atoms with Crippen LogP contribution in [0.4, 0.5) is 17.1 Å². The number of nitrogens with zero attached hydrogens (tertiary/aromatic N) is 1. The van der Waals surface area contributed by atoms with Gasteiger partial charge in [-0.1, -0.05) is 199 Å². The quantitative estimate of drug-likeness (QED) is 0.154. The van der Waals surface area contributed by atoms with E-state index >= 15 is 0 Å². The van der Waals surface area contributed by atoms with E-state index in [0.29, 0.717) is 0 Å². The van der Waals surface area contributed by atoms with Gasteiger partial charge < -0.3 is 4.90 Å². The zero-order valence-electron chi connectivity index (χ0n) is 39.4. The minimum absolute atomic E-state index is 0.143. The lowest BCUT2D eigenvalue weighted by Crippen LogP contribution is -2.35. The van der Waals surface area contributed by atoms with Crippen LogP contribution in [0.3, 0.4) is 0 Å². The lowest BCUT2D eigenvalue weighted by molar-refractivity contribution is 0.327. The van der Waals surface area contributed by atoms with Gasteiger partial charge in [-0.2, -0.15) is 0 Å². The first-order valence-corrected chi connectivity index (χ1v) is 24.7. The summed E-state index contributed by atoms with van der Waals surface area (Å²) in [5.74, 6) is 0. The Morgan fingerprint density at radius 3 is 1.46 bits per heavy atom. The average molecular weight is 866 g/mol. The van der Waals surface area contributed by atoms with Crippen LogP contribution in [0.15, 0.2) is 200 Å². The van der Waals surface area contributed by atoms with Gasteiger partial charge in [0.2, 0.25) is 0 Å². The largest absolute Gasteiger partial charge is 0.310 e. The van der Waals surface area contributed by atoms with Crippen molar-refractivity contribution in [2.45, 2.75) is 88.9 Å². The summed E-state index contributed by atoms with van der Waals surface area (Å²) in [6, 6.07) is 75.1. The van der Waals surface area contributed by atoms with Crippen molar-refractivity contribution in [1.29, 1.82) is 0 Å². The topological polar surface area (TPSA) is 3.24 Å². The molecule has 1 fully saturated rings. The molecule has 9 aromatic rings. The molecular formula is C66H59N. The van der Waals surface area contributed by atoms with Crippen LogP contribution in [-0.2, 0) is 16.2 Å². The molecule has 3 aliphatic rings. The van der Waals surface area contributed by atoms with Gasteiger partial charge in [0.15, 0.2) is 0 Å². The summed E-state index contributed by atoms with van der Waals surface area (Å²) in [6.45, 7) is 9.90. The SMILES string of the molecule is CC1(C)CCC(C)(C)c2cc3c(cc21)-c1cc(-c2ccc(-c4ccc(N(c5ccc(-c6ccccc6)cc5)c5ccccc5-c5ccc6ccccc6c5)cc4)cc2)ccc1C31CCCCC1. The summed E-state index contributed by atoms with van der Waals surface area (Å²) in [7, 11) is 0. The molecule has 0 aromatic heterocycles. The Kier molecular flexibility index (Phi) is 9.98. The summed E-state index contributed by atoms with van der Waals surface area (Å²) in [6.07, 6.45) is 8.99. The summed E-state index contributed by atoms with van der Waals surface area (Å²) < 4.78 is 0. The van der Waals surface area contributed by atoms with Gasteiger partial charge in [0.25, 0.3) is 0 Å². The standard InChI is InChI=1S/C66H59N/c1-64(2)39-40-65(3,4)62-44-60-58(43-61(62)64)57-42-52(31-36-59(57)66(60)37-13-6-14-38-66)50-23-21-47(22-24-50)49-29-34-55(35-30-49)67(54-32-27-48(28-33-54)45-15-7-5-8-16-45)63-20-12-11-19-56(63)53-26-25-46-17-9-10-18-51(46)41-53/h5,7-12,15-36,41-44H,6,13-14,37-40H2,1-4H3. The van der Waals surface area contributed by atoms with Crippen LogP contribution in [-0.4, -0.2) is 0 Å². The highest BCUT2D eigenvalue weighted by atomic mass is 15.1. The Bertz CT molecular complexity index is 3290. The molecule has 9 aromatic carbocycles. The summed E-state index contributed by atoms with van der Waals surface area (Å²) in [5.41, 5.74) is 23.0. The van der Waals surface area contributed by atoms with E-state index in [1.54, 1.807) is 22.3 Å². The second kappa shape index (κ2) is 16.1. The number of hydrogen-bond acceptors (Lipinski definition) is 1. The highest BCUT2D eigenvalue weighted by Crippen LogP contribution is 2.59. The van der Waals surface area contributed by atoms with Crippen LogP contribution in [0.2, 0.25) is 0 Å². The molecule has 0 bridgehead atoms. The predicted molar refractivity (Wildman–Crippen MR) is 285 cm³/mol. The molecule has 0 atom stereocenters. The van der Waals surface area contributed by atoms with Crippen LogP contribution in [0.25, 0.3) is 66.4 Å². The Labute approximate surface area is 397 Å². The van der Waals surface area contributed by atoms with Crippen molar-refractivity contribution in [3.05, 3.63) is 222 Å². The number of anilines is 3. The molecule has 0 radical (unpaired) electrons. The predicted octanol–water partition coefficient (Wildman–Crippen LogP) is 18.6. The number of rotatable bonds is 7. The average Bonchev–Trinajstić information content (AvgIpc) is 3.63. The number of hydrogen-bond donors (Lipinski definition) is 0. The molecule has 0 heterocycles. The molecule has 12 rings (SSSR count). The molecular weight excluding hydrogens is 807 g/mol. The minimum atomic E-state index is 0.143. The highest BCUT2D eigenvalue weighted by molar-refractivity contribution is 5.94. The molecule has 0 unspecified atom stereocenters. The third-order valence-corrected chi connectivity index (χ3v) is 16.2. The van der Waals surface area contributed by atoms with Crippen molar-refractivity contribution in [3.8, 4) is 55.6 Å². The van der Waals surface area contributed by atoms with Gasteiger partial charge in [-0.15, -0.1) is 0 Å². The third-order valence-electron chi connectivity index (χ3n) is 16.2. The van der Waals surface area contributed by atoms with Crippen molar-refractivity contribution in [2.24, 2.45) is 0 Å². The Morgan fingerprint density at radius 2 is 0.806 bits per heavy atom. The molecule has 0 saturated heterocycles. The molecule has 1 spiro atoms. The maximum Gasteiger partial charge on any atom is 0.0540 e. The molecule has 0 aliphatic heterocycles. The Balaban J connectivity index is 0.887. The van der Waals surface area contributed by atoms with Crippen LogP contribution >= 0.6 is 0 Å².